The van der Waals surface area contributed by atoms with E-state index in [-0.39, 0.29) is 21.7 Å². The van der Waals surface area contributed by atoms with Gasteiger partial charge in [0.1, 0.15) is 15.5 Å². The van der Waals surface area contributed by atoms with Gasteiger partial charge >= 0.3 is 0 Å². The van der Waals surface area contributed by atoms with Gasteiger partial charge in [-0.15, -0.1) is 11.3 Å². The maximum Gasteiger partial charge on any atom is 0.260 e. The maximum atomic E-state index is 13.7. The third-order valence-corrected chi connectivity index (χ3v) is 4.16. The molecule has 0 saturated carbocycles. The molecule has 2 aromatic heterocycles. The van der Waals surface area contributed by atoms with Crippen molar-refractivity contribution in [2.24, 2.45) is 5.73 Å². The number of thiophene rings is 1. The molecule has 0 atom stereocenters. The van der Waals surface area contributed by atoms with E-state index in [1.807, 2.05) is 0 Å². The number of primary amides is 1. The zero-order chi connectivity index (χ0) is 16.7. The van der Waals surface area contributed by atoms with E-state index < -0.39 is 29.1 Å². The zero-order valence-electron chi connectivity index (χ0n) is 11.3. The van der Waals surface area contributed by atoms with Gasteiger partial charge in [-0.25, -0.2) is 13.8 Å². The monoisotopic (exact) mass is 339 g/mol. The lowest BCUT2D eigenvalue weighted by Gasteiger charge is -2.09. The Balaban J connectivity index is 2.14. The maximum absolute atomic E-state index is 13.7. The van der Waals surface area contributed by atoms with Crippen LogP contribution in [-0.4, -0.2) is 10.9 Å². The molecule has 0 spiro atoms. The third-order valence-electron chi connectivity index (χ3n) is 3.03. The fourth-order valence-corrected chi connectivity index (χ4v) is 2.92. The van der Waals surface area contributed by atoms with Gasteiger partial charge in [-0.05, 0) is 18.2 Å². The predicted molar refractivity (Wildman–Crippen MR) is 78.9 cm³/mol. The highest BCUT2D eigenvalue weighted by Gasteiger charge is 2.20. The summed E-state index contributed by atoms with van der Waals surface area (Å²) in [7, 11) is 0. The Morgan fingerprint density at radius 3 is 2.57 bits per heavy atom. The molecule has 5 nitrogen and oxygen atoms in total. The molecule has 118 valence electrons. The van der Waals surface area contributed by atoms with Crippen molar-refractivity contribution >= 4 is 33.1 Å². The highest BCUT2D eigenvalue weighted by Crippen LogP contribution is 2.40. The second kappa shape index (κ2) is 5.43. The van der Waals surface area contributed by atoms with Crippen LogP contribution in [0, 0.1) is 17.5 Å². The van der Waals surface area contributed by atoms with E-state index >= 15 is 0 Å². The summed E-state index contributed by atoms with van der Waals surface area (Å²) in [6.07, 6.45) is 1.34. The summed E-state index contributed by atoms with van der Waals surface area (Å²) in [5, 5.41) is 0.246. The van der Waals surface area contributed by atoms with Crippen LogP contribution in [0.15, 0.2) is 24.4 Å². The molecule has 0 bridgehead atoms. The number of fused-ring (bicyclic) bond motifs is 1. The van der Waals surface area contributed by atoms with Crippen LogP contribution in [0.2, 0.25) is 0 Å². The van der Waals surface area contributed by atoms with Crippen molar-refractivity contribution in [1.29, 1.82) is 0 Å². The smallest absolute Gasteiger partial charge is 0.260 e. The summed E-state index contributed by atoms with van der Waals surface area (Å²) < 4.78 is 45.2. The molecule has 1 aromatic carbocycles. The van der Waals surface area contributed by atoms with Crippen LogP contribution in [0.1, 0.15) is 9.67 Å². The Morgan fingerprint density at radius 1 is 1.13 bits per heavy atom. The molecule has 0 saturated heterocycles. The minimum absolute atomic E-state index is 0.0311. The molecule has 3 aromatic rings. The molecule has 0 unspecified atom stereocenters. The molecule has 9 heteroatoms. The fourth-order valence-electron chi connectivity index (χ4n) is 1.99. The largest absolute Gasteiger partial charge is 0.453 e. The van der Waals surface area contributed by atoms with Gasteiger partial charge < -0.3 is 16.2 Å². The average molecular weight is 339 g/mol. The summed E-state index contributed by atoms with van der Waals surface area (Å²) in [6, 6.07) is 3.03. The lowest BCUT2D eigenvalue weighted by Crippen LogP contribution is -2.10. The van der Waals surface area contributed by atoms with Gasteiger partial charge in [-0.3, -0.25) is 4.79 Å². The highest BCUT2D eigenvalue weighted by atomic mass is 32.1. The van der Waals surface area contributed by atoms with Crippen molar-refractivity contribution in [2.45, 2.75) is 0 Å². The number of pyridine rings is 1. The first-order chi connectivity index (χ1) is 10.9. The number of nitrogen functional groups attached to an aromatic ring is 1. The average Bonchev–Trinajstić information content (AvgIpc) is 2.86. The van der Waals surface area contributed by atoms with E-state index in [1.165, 1.54) is 12.3 Å². The quantitative estimate of drug-likeness (QED) is 0.717. The molecule has 2 heterocycles. The topological polar surface area (TPSA) is 91.2 Å². The fraction of sp³-hybridized carbons (Fsp3) is 0. The second-order valence-corrected chi connectivity index (χ2v) is 5.47. The van der Waals surface area contributed by atoms with Crippen LogP contribution < -0.4 is 16.2 Å². The standard InChI is InChI=1S/C14H8F3N3O2S/c15-5-1-2-7(10(17)9(5)16)22-6-3-4-20-14-8(6)11(18)12(23-14)13(19)21/h1-4H,18H2,(H2,19,21). The molecule has 1 amide bonds. The lowest BCUT2D eigenvalue weighted by atomic mass is 10.2. The highest BCUT2D eigenvalue weighted by molar-refractivity contribution is 7.21. The number of benzene rings is 1. The molecule has 3 rings (SSSR count). The SMILES string of the molecule is NC(=O)c1sc2nccc(Oc3ccc(F)c(F)c3F)c2c1N. The van der Waals surface area contributed by atoms with E-state index in [9.17, 15) is 18.0 Å². The van der Waals surface area contributed by atoms with Gasteiger partial charge in [0.2, 0.25) is 5.82 Å². The van der Waals surface area contributed by atoms with Crippen molar-refractivity contribution in [1.82, 2.24) is 4.98 Å². The van der Waals surface area contributed by atoms with Crippen molar-refractivity contribution in [3.8, 4) is 11.5 Å². The number of anilines is 1. The Morgan fingerprint density at radius 2 is 1.87 bits per heavy atom. The van der Waals surface area contributed by atoms with Gasteiger partial charge in [-0.1, -0.05) is 0 Å². The van der Waals surface area contributed by atoms with Crippen LogP contribution >= 0.6 is 11.3 Å². The van der Waals surface area contributed by atoms with E-state index in [4.69, 9.17) is 16.2 Å². The number of hydrogen-bond donors (Lipinski definition) is 2. The van der Waals surface area contributed by atoms with Crippen molar-refractivity contribution in [3.05, 3.63) is 46.7 Å². The first kappa shape index (κ1) is 15.1. The number of amides is 1. The van der Waals surface area contributed by atoms with Crippen molar-refractivity contribution < 1.29 is 22.7 Å². The van der Waals surface area contributed by atoms with E-state index in [1.54, 1.807) is 0 Å². The van der Waals surface area contributed by atoms with Gasteiger partial charge in [0, 0.05) is 6.20 Å². The number of ether oxygens (including phenoxy) is 1. The molecule has 0 aliphatic rings. The van der Waals surface area contributed by atoms with Gasteiger partial charge in [0.05, 0.1) is 11.1 Å². The number of hydrogen-bond acceptors (Lipinski definition) is 5. The second-order valence-electron chi connectivity index (χ2n) is 4.47. The first-order valence-corrected chi connectivity index (χ1v) is 7.00. The molecular formula is C14H8F3N3O2S. The van der Waals surface area contributed by atoms with E-state index in [0.29, 0.717) is 4.83 Å². The summed E-state index contributed by atoms with van der Waals surface area (Å²) in [5.74, 6) is -5.68. The Kier molecular flexibility index (Phi) is 3.57. The Bertz CT molecular complexity index is 943. The van der Waals surface area contributed by atoms with Gasteiger partial charge in [0.15, 0.2) is 17.4 Å². The van der Waals surface area contributed by atoms with E-state index in [0.717, 1.165) is 23.5 Å². The number of rotatable bonds is 3. The number of nitrogens with zero attached hydrogens (tertiary/aromatic N) is 1. The predicted octanol–water partition coefficient (Wildman–Crippen LogP) is 3.19. The number of carbonyl (C=O) groups is 1. The Labute approximate surface area is 131 Å². The van der Waals surface area contributed by atoms with Gasteiger partial charge in [-0.2, -0.15) is 4.39 Å². The van der Waals surface area contributed by atoms with Gasteiger partial charge in [0.25, 0.3) is 5.91 Å². The molecule has 0 aliphatic carbocycles. The van der Waals surface area contributed by atoms with E-state index in [2.05, 4.69) is 4.98 Å². The third kappa shape index (κ3) is 2.44. The van der Waals surface area contributed by atoms with Crippen molar-refractivity contribution in [2.75, 3.05) is 5.73 Å². The zero-order valence-corrected chi connectivity index (χ0v) is 12.1. The van der Waals surface area contributed by atoms with Crippen LogP contribution in [0.3, 0.4) is 0 Å². The summed E-state index contributed by atoms with van der Waals surface area (Å²) >= 11 is 0.948. The summed E-state index contributed by atoms with van der Waals surface area (Å²) in [4.78, 5) is 15.8. The van der Waals surface area contributed by atoms with Crippen LogP contribution in [-0.2, 0) is 0 Å². The number of halogens is 3. The van der Waals surface area contributed by atoms with Crippen LogP contribution in [0.25, 0.3) is 10.2 Å². The molecule has 0 fully saturated rings. The first-order valence-electron chi connectivity index (χ1n) is 6.18. The summed E-state index contributed by atoms with van der Waals surface area (Å²) in [5.41, 5.74) is 11.1. The van der Waals surface area contributed by atoms with Crippen LogP contribution in [0.5, 0.6) is 11.5 Å². The molecule has 0 aliphatic heterocycles. The minimum atomic E-state index is -1.65. The molecule has 4 N–H and O–H groups in total. The number of aromatic nitrogens is 1. The summed E-state index contributed by atoms with van der Waals surface area (Å²) in [6.45, 7) is 0. The number of nitrogens with two attached hydrogens (primary N) is 2. The molecule has 0 radical (unpaired) electrons. The minimum Gasteiger partial charge on any atom is -0.453 e. The molecular weight excluding hydrogens is 331 g/mol. The lowest BCUT2D eigenvalue weighted by molar-refractivity contribution is 0.100. The number of carbonyl (C=O) groups excluding carboxylic acids is 1. The van der Waals surface area contributed by atoms with Crippen LogP contribution in [0.4, 0.5) is 18.9 Å². The Hall–Kier alpha value is -2.81. The normalized spacial score (nSPS) is 10.9. The van der Waals surface area contributed by atoms with Crippen molar-refractivity contribution in [3.63, 3.8) is 0 Å². The molecule has 23 heavy (non-hydrogen) atoms.